The Morgan fingerprint density at radius 3 is 2.82 bits per heavy atom. The van der Waals surface area contributed by atoms with Gasteiger partial charge in [0.25, 0.3) is 5.91 Å². The average Bonchev–Trinajstić information content (AvgIpc) is 2.03. The minimum atomic E-state index is -0.207. The van der Waals surface area contributed by atoms with Gasteiger partial charge in [-0.15, -0.1) is 0 Å². The molecule has 0 aliphatic carbocycles. The van der Waals surface area contributed by atoms with Crippen LogP contribution in [0.15, 0.2) is 12.7 Å². The molecule has 0 aliphatic heterocycles. The van der Waals surface area contributed by atoms with Crippen LogP contribution in [-0.4, -0.2) is 24.6 Å². The number of nitrogens with zero attached hydrogens (tertiary/aromatic N) is 1. The van der Waals surface area contributed by atoms with E-state index in [9.17, 15) is 4.79 Å². The smallest absolute Gasteiger partial charge is 0.269 e. The molecule has 1 amide bonds. The van der Waals surface area contributed by atoms with E-state index in [2.05, 4.69) is 13.5 Å². The molecule has 0 saturated heterocycles. The molecule has 0 atom stereocenters. The zero-order valence-electron chi connectivity index (χ0n) is 7.17. The molecule has 0 N–H and O–H groups in total. The first-order chi connectivity index (χ1) is 5.22. The average molecular weight is 157 g/mol. The zero-order valence-corrected chi connectivity index (χ0v) is 7.17. The topological polar surface area (TPSA) is 29.5 Å². The molecule has 0 saturated carbocycles. The molecular formula is C8H15NO2. The molecule has 0 heterocycles. The third-order valence-electron chi connectivity index (χ3n) is 1.27. The van der Waals surface area contributed by atoms with Crippen LogP contribution in [0.4, 0.5) is 0 Å². The highest BCUT2D eigenvalue weighted by molar-refractivity contribution is 5.85. The lowest BCUT2D eigenvalue weighted by Gasteiger charge is -2.13. The summed E-state index contributed by atoms with van der Waals surface area (Å²) in [6.45, 7) is 6.00. The molecule has 0 fully saturated rings. The van der Waals surface area contributed by atoms with Crippen molar-refractivity contribution in [2.24, 2.45) is 0 Å². The number of carbonyl (C=O) groups excluding carboxylic acids is 1. The van der Waals surface area contributed by atoms with Crippen LogP contribution in [-0.2, 0) is 9.63 Å². The van der Waals surface area contributed by atoms with Crippen LogP contribution < -0.4 is 0 Å². The molecule has 3 heteroatoms. The number of hydroxylamine groups is 2. The van der Waals surface area contributed by atoms with Crippen molar-refractivity contribution in [1.29, 1.82) is 0 Å². The van der Waals surface area contributed by atoms with E-state index in [1.807, 2.05) is 0 Å². The van der Waals surface area contributed by atoms with Gasteiger partial charge in [0.2, 0.25) is 0 Å². The molecule has 0 unspecified atom stereocenters. The number of unbranched alkanes of at least 4 members (excludes halogenated alkanes) is 1. The van der Waals surface area contributed by atoms with Crippen LogP contribution in [0.25, 0.3) is 0 Å². The van der Waals surface area contributed by atoms with E-state index in [-0.39, 0.29) is 5.91 Å². The molecule has 0 aromatic rings. The Morgan fingerprint density at radius 2 is 2.36 bits per heavy atom. The summed E-state index contributed by atoms with van der Waals surface area (Å²) in [7, 11) is 1.58. The van der Waals surface area contributed by atoms with Crippen molar-refractivity contribution in [2.75, 3.05) is 13.7 Å². The molecule has 0 radical (unpaired) electrons. The summed E-state index contributed by atoms with van der Waals surface area (Å²) in [5, 5.41) is 1.20. The highest BCUT2D eigenvalue weighted by Gasteiger charge is 2.02. The van der Waals surface area contributed by atoms with Crippen molar-refractivity contribution in [3.8, 4) is 0 Å². The van der Waals surface area contributed by atoms with E-state index in [4.69, 9.17) is 4.84 Å². The Kier molecular flexibility index (Phi) is 5.47. The van der Waals surface area contributed by atoms with Crippen molar-refractivity contribution in [1.82, 2.24) is 5.06 Å². The minimum Gasteiger partial charge on any atom is -0.271 e. The van der Waals surface area contributed by atoms with Crippen molar-refractivity contribution in [3.05, 3.63) is 12.7 Å². The van der Waals surface area contributed by atoms with E-state index in [1.165, 1.54) is 11.1 Å². The highest BCUT2D eigenvalue weighted by Crippen LogP contribution is 1.92. The molecule has 0 spiro atoms. The first-order valence-electron chi connectivity index (χ1n) is 3.75. The summed E-state index contributed by atoms with van der Waals surface area (Å²) < 4.78 is 0. The maximum absolute atomic E-state index is 10.8. The first-order valence-corrected chi connectivity index (χ1v) is 3.75. The van der Waals surface area contributed by atoms with Gasteiger partial charge < -0.3 is 0 Å². The first kappa shape index (κ1) is 10.2. The van der Waals surface area contributed by atoms with Crippen LogP contribution in [0.1, 0.15) is 19.8 Å². The monoisotopic (exact) mass is 157 g/mol. The van der Waals surface area contributed by atoms with Gasteiger partial charge in [-0.05, 0) is 12.5 Å². The predicted molar refractivity (Wildman–Crippen MR) is 43.8 cm³/mol. The summed E-state index contributed by atoms with van der Waals surface area (Å²) in [5.41, 5.74) is 0. The van der Waals surface area contributed by atoms with Crippen LogP contribution >= 0.6 is 0 Å². The summed E-state index contributed by atoms with van der Waals surface area (Å²) in [6, 6.07) is 0. The standard InChI is InChI=1S/C8H15NO2/c1-4-6-7-11-9(3)8(10)5-2/h5H,2,4,6-7H2,1,3H3. The van der Waals surface area contributed by atoms with Gasteiger partial charge in [-0.1, -0.05) is 19.9 Å². The van der Waals surface area contributed by atoms with Crippen molar-refractivity contribution < 1.29 is 9.63 Å². The Morgan fingerprint density at radius 1 is 1.73 bits per heavy atom. The molecule has 0 aliphatic rings. The lowest BCUT2D eigenvalue weighted by atomic mass is 10.4. The van der Waals surface area contributed by atoms with Crippen molar-refractivity contribution in [3.63, 3.8) is 0 Å². The molecule has 0 bridgehead atoms. The molecule has 0 rings (SSSR count). The summed E-state index contributed by atoms with van der Waals surface area (Å²) >= 11 is 0. The Balaban J connectivity index is 3.43. The number of rotatable bonds is 5. The van der Waals surface area contributed by atoms with Crippen molar-refractivity contribution in [2.45, 2.75) is 19.8 Å². The van der Waals surface area contributed by atoms with Gasteiger partial charge in [0, 0.05) is 7.05 Å². The van der Waals surface area contributed by atoms with Crippen LogP contribution in [0.2, 0.25) is 0 Å². The number of amides is 1. The van der Waals surface area contributed by atoms with Gasteiger partial charge in [0.1, 0.15) is 0 Å². The molecule has 0 aromatic carbocycles. The van der Waals surface area contributed by atoms with E-state index >= 15 is 0 Å². The summed E-state index contributed by atoms with van der Waals surface area (Å²) in [6.07, 6.45) is 3.26. The third-order valence-corrected chi connectivity index (χ3v) is 1.27. The number of hydrogen-bond donors (Lipinski definition) is 0. The second-order valence-electron chi connectivity index (χ2n) is 2.23. The largest absolute Gasteiger partial charge is 0.271 e. The van der Waals surface area contributed by atoms with Crippen molar-refractivity contribution >= 4 is 5.91 Å². The molecule has 64 valence electrons. The molecular weight excluding hydrogens is 142 g/mol. The Hall–Kier alpha value is -0.830. The maximum Gasteiger partial charge on any atom is 0.269 e. The van der Waals surface area contributed by atoms with E-state index < -0.39 is 0 Å². The predicted octanol–water partition coefficient (Wildman–Crippen LogP) is 1.36. The summed E-state index contributed by atoms with van der Waals surface area (Å²) in [5.74, 6) is -0.207. The Bertz CT molecular complexity index is 134. The van der Waals surface area contributed by atoms with Crippen LogP contribution in [0, 0.1) is 0 Å². The Labute approximate surface area is 67.6 Å². The quantitative estimate of drug-likeness (QED) is 0.342. The maximum atomic E-state index is 10.8. The second-order valence-corrected chi connectivity index (χ2v) is 2.23. The van der Waals surface area contributed by atoms with Crippen LogP contribution in [0.5, 0.6) is 0 Å². The van der Waals surface area contributed by atoms with Gasteiger partial charge in [-0.25, -0.2) is 5.06 Å². The van der Waals surface area contributed by atoms with Gasteiger partial charge in [-0.2, -0.15) is 0 Å². The highest BCUT2D eigenvalue weighted by atomic mass is 16.7. The number of likely N-dealkylation sites (N-methyl/N-ethyl adjacent to an activating group) is 1. The van der Waals surface area contributed by atoms with Gasteiger partial charge >= 0.3 is 0 Å². The third kappa shape index (κ3) is 4.56. The molecule has 0 aromatic heterocycles. The van der Waals surface area contributed by atoms with E-state index in [0.717, 1.165) is 12.8 Å². The fourth-order valence-corrected chi connectivity index (χ4v) is 0.538. The molecule has 3 nitrogen and oxygen atoms in total. The van der Waals surface area contributed by atoms with E-state index in [0.29, 0.717) is 6.61 Å². The lowest BCUT2D eigenvalue weighted by Crippen LogP contribution is -2.25. The van der Waals surface area contributed by atoms with Crippen LogP contribution in [0.3, 0.4) is 0 Å². The normalized spacial score (nSPS) is 9.27. The van der Waals surface area contributed by atoms with E-state index in [1.54, 1.807) is 7.05 Å². The minimum absolute atomic E-state index is 0.207. The van der Waals surface area contributed by atoms with Gasteiger partial charge in [0.05, 0.1) is 6.61 Å². The fraction of sp³-hybridized carbons (Fsp3) is 0.625. The SMILES string of the molecule is C=CC(=O)N(C)OCCCC. The zero-order chi connectivity index (χ0) is 8.69. The number of hydrogen-bond acceptors (Lipinski definition) is 2. The number of carbonyl (C=O) groups is 1. The fourth-order valence-electron chi connectivity index (χ4n) is 0.538. The molecule has 11 heavy (non-hydrogen) atoms. The second kappa shape index (κ2) is 5.92. The van der Waals surface area contributed by atoms with Gasteiger partial charge in [0.15, 0.2) is 0 Å². The van der Waals surface area contributed by atoms with Gasteiger partial charge in [-0.3, -0.25) is 9.63 Å². The summed E-state index contributed by atoms with van der Waals surface area (Å²) in [4.78, 5) is 15.8. The lowest BCUT2D eigenvalue weighted by molar-refractivity contribution is -0.172.